The second-order valence-electron chi connectivity index (χ2n) is 6.48. The first-order valence-corrected chi connectivity index (χ1v) is 9.32. The summed E-state index contributed by atoms with van der Waals surface area (Å²) in [5.41, 5.74) is 7.67. The maximum absolute atomic E-state index is 12.4. The Labute approximate surface area is 149 Å². The summed E-state index contributed by atoms with van der Waals surface area (Å²) in [5.74, 6) is 0.453. The van der Waals surface area contributed by atoms with Gasteiger partial charge in [-0.2, -0.15) is 0 Å². The molecular formula is C17H19ClN4OS. The van der Waals surface area contributed by atoms with Gasteiger partial charge in [0.15, 0.2) is 5.13 Å². The van der Waals surface area contributed by atoms with Crippen molar-refractivity contribution in [3.63, 3.8) is 0 Å². The van der Waals surface area contributed by atoms with Gasteiger partial charge in [-0.05, 0) is 49.5 Å². The number of rotatable bonds is 3. The first-order chi connectivity index (χ1) is 11.6. The number of piperidine rings is 1. The molecule has 2 aromatic rings. The number of aromatic nitrogens is 1. The molecular weight excluding hydrogens is 344 g/mol. The number of amides is 1. The van der Waals surface area contributed by atoms with Gasteiger partial charge in [0, 0.05) is 28.3 Å². The summed E-state index contributed by atoms with van der Waals surface area (Å²) < 4.78 is 0. The van der Waals surface area contributed by atoms with Crippen molar-refractivity contribution in [3.8, 4) is 0 Å². The third-order valence-electron chi connectivity index (χ3n) is 4.95. The van der Waals surface area contributed by atoms with Crippen LogP contribution >= 0.6 is 22.9 Å². The van der Waals surface area contributed by atoms with E-state index in [0.717, 1.165) is 43.7 Å². The number of hydrogen-bond acceptors (Lipinski definition) is 5. The number of fused-ring (bicyclic) bond motifs is 1. The van der Waals surface area contributed by atoms with E-state index in [1.165, 1.54) is 4.88 Å². The van der Waals surface area contributed by atoms with Crippen molar-refractivity contribution in [2.75, 3.05) is 24.1 Å². The van der Waals surface area contributed by atoms with E-state index in [-0.39, 0.29) is 11.8 Å². The lowest BCUT2D eigenvalue weighted by molar-refractivity contribution is -0.118. The predicted molar refractivity (Wildman–Crippen MR) is 97.4 cm³/mol. The van der Waals surface area contributed by atoms with Crippen molar-refractivity contribution < 1.29 is 4.79 Å². The van der Waals surface area contributed by atoms with E-state index in [0.29, 0.717) is 16.1 Å². The van der Waals surface area contributed by atoms with Crippen LogP contribution < -0.4 is 11.1 Å². The van der Waals surface area contributed by atoms with Crippen molar-refractivity contribution >= 4 is 39.7 Å². The molecule has 24 heavy (non-hydrogen) atoms. The van der Waals surface area contributed by atoms with Crippen LogP contribution in [0.15, 0.2) is 24.4 Å². The maximum Gasteiger partial charge on any atom is 0.232 e. The largest absolute Gasteiger partial charge is 0.375 e. The fraction of sp³-hybridized carbons (Fsp3) is 0.412. The molecule has 0 saturated carbocycles. The molecule has 1 unspecified atom stereocenters. The summed E-state index contributed by atoms with van der Waals surface area (Å²) >= 11 is 7.58. The van der Waals surface area contributed by atoms with Crippen LogP contribution in [0.4, 0.5) is 10.8 Å². The first-order valence-electron chi connectivity index (χ1n) is 8.13. The summed E-state index contributed by atoms with van der Waals surface area (Å²) in [4.78, 5) is 20.2. The van der Waals surface area contributed by atoms with E-state index in [1.54, 1.807) is 11.3 Å². The molecule has 1 atom stereocenters. The van der Waals surface area contributed by atoms with E-state index in [4.69, 9.17) is 17.3 Å². The summed E-state index contributed by atoms with van der Waals surface area (Å²) in [6, 6.07) is 5.71. The molecule has 3 N–H and O–H groups in total. The highest BCUT2D eigenvalue weighted by Gasteiger charge is 2.38. The van der Waals surface area contributed by atoms with Crippen LogP contribution in [0, 0.1) is 5.92 Å². The zero-order valence-electron chi connectivity index (χ0n) is 13.2. The van der Waals surface area contributed by atoms with Crippen molar-refractivity contribution in [1.29, 1.82) is 0 Å². The number of nitrogens with one attached hydrogen (secondary N) is 1. The molecule has 1 aromatic carbocycles. The minimum atomic E-state index is -0.0431. The van der Waals surface area contributed by atoms with Gasteiger partial charge in [-0.25, -0.2) is 4.98 Å². The Morgan fingerprint density at radius 1 is 1.38 bits per heavy atom. The van der Waals surface area contributed by atoms with Crippen molar-refractivity contribution in [1.82, 2.24) is 9.88 Å². The maximum atomic E-state index is 12.4. The number of hydrogen-bond donors (Lipinski definition) is 2. The molecule has 3 heterocycles. The number of likely N-dealkylation sites (tertiary alicyclic amines) is 1. The van der Waals surface area contributed by atoms with Gasteiger partial charge in [0.1, 0.15) is 0 Å². The topological polar surface area (TPSA) is 71.2 Å². The van der Waals surface area contributed by atoms with Crippen molar-refractivity contribution in [3.05, 3.63) is 39.9 Å². The molecule has 4 rings (SSSR count). The predicted octanol–water partition coefficient (Wildman–Crippen LogP) is 3.33. The zero-order valence-corrected chi connectivity index (χ0v) is 14.7. The van der Waals surface area contributed by atoms with E-state index in [2.05, 4.69) is 15.2 Å². The highest BCUT2D eigenvalue weighted by molar-refractivity contribution is 7.15. The molecule has 0 spiro atoms. The van der Waals surface area contributed by atoms with Crippen molar-refractivity contribution in [2.45, 2.75) is 25.3 Å². The SMILES string of the molecule is Nc1ncc(CN2CCC(C3C(=O)Nc4cc(Cl)ccc43)CC2)s1. The molecule has 1 fully saturated rings. The Kier molecular flexibility index (Phi) is 4.20. The van der Waals surface area contributed by atoms with Gasteiger partial charge in [0.25, 0.3) is 0 Å². The van der Waals surface area contributed by atoms with E-state index >= 15 is 0 Å². The highest BCUT2D eigenvalue weighted by Crippen LogP contribution is 2.42. The van der Waals surface area contributed by atoms with Gasteiger partial charge in [0.05, 0.1) is 5.92 Å². The van der Waals surface area contributed by atoms with Crippen LogP contribution in [0.25, 0.3) is 0 Å². The van der Waals surface area contributed by atoms with Gasteiger partial charge in [-0.15, -0.1) is 11.3 Å². The number of nitrogens with zero attached hydrogens (tertiary/aromatic N) is 2. The summed E-state index contributed by atoms with van der Waals surface area (Å²) in [7, 11) is 0. The van der Waals surface area contributed by atoms with E-state index < -0.39 is 0 Å². The number of benzene rings is 1. The van der Waals surface area contributed by atoms with Gasteiger partial charge in [-0.1, -0.05) is 17.7 Å². The number of thiazole rings is 1. The third kappa shape index (κ3) is 3.01. The molecule has 1 aromatic heterocycles. The van der Waals surface area contributed by atoms with E-state index in [1.807, 2.05) is 24.4 Å². The van der Waals surface area contributed by atoms with Crippen LogP contribution in [0.3, 0.4) is 0 Å². The molecule has 5 nitrogen and oxygen atoms in total. The lowest BCUT2D eigenvalue weighted by Crippen LogP contribution is -2.36. The Morgan fingerprint density at radius 2 is 2.17 bits per heavy atom. The average Bonchev–Trinajstić information content (AvgIpc) is 3.10. The second kappa shape index (κ2) is 6.35. The summed E-state index contributed by atoms with van der Waals surface area (Å²) in [6.07, 6.45) is 3.90. The number of nitrogen functional groups attached to an aromatic ring is 1. The van der Waals surface area contributed by atoms with Crippen LogP contribution in [0.1, 0.15) is 29.2 Å². The first kappa shape index (κ1) is 15.9. The zero-order chi connectivity index (χ0) is 16.7. The van der Waals surface area contributed by atoms with Crippen LogP contribution in [0.2, 0.25) is 5.02 Å². The van der Waals surface area contributed by atoms with Gasteiger partial charge in [0.2, 0.25) is 5.91 Å². The van der Waals surface area contributed by atoms with Crippen LogP contribution in [-0.2, 0) is 11.3 Å². The fourth-order valence-electron chi connectivity index (χ4n) is 3.79. The number of carbonyl (C=O) groups excluding carboxylic acids is 1. The molecule has 0 aliphatic carbocycles. The number of halogens is 1. The highest BCUT2D eigenvalue weighted by atomic mass is 35.5. The molecule has 2 aliphatic rings. The number of carbonyl (C=O) groups is 1. The Bertz CT molecular complexity index is 770. The van der Waals surface area contributed by atoms with Crippen molar-refractivity contribution in [2.24, 2.45) is 5.92 Å². The van der Waals surface area contributed by atoms with Gasteiger partial charge >= 0.3 is 0 Å². The minimum Gasteiger partial charge on any atom is -0.375 e. The third-order valence-corrected chi connectivity index (χ3v) is 5.99. The summed E-state index contributed by atoms with van der Waals surface area (Å²) in [5, 5.41) is 4.27. The average molecular weight is 363 g/mol. The quantitative estimate of drug-likeness (QED) is 0.878. The van der Waals surface area contributed by atoms with E-state index in [9.17, 15) is 4.79 Å². The van der Waals surface area contributed by atoms with Gasteiger partial charge < -0.3 is 11.1 Å². The molecule has 1 amide bonds. The second-order valence-corrected chi connectivity index (χ2v) is 8.06. The molecule has 7 heteroatoms. The Hall–Kier alpha value is -1.63. The summed E-state index contributed by atoms with van der Waals surface area (Å²) in [6.45, 7) is 2.88. The van der Waals surface area contributed by atoms with Gasteiger partial charge in [-0.3, -0.25) is 9.69 Å². The molecule has 1 saturated heterocycles. The normalized spacial score (nSPS) is 21.7. The fourth-order valence-corrected chi connectivity index (χ4v) is 4.69. The molecule has 0 bridgehead atoms. The monoisotopic (exact) mass is 362 g/mol. The number of nitrogens with two attached hydrogens (primary N) is 1. The minimum absolute atomic E-state index is 0.0431. The standard InChI is InChI=1S/C17H19ClN4OS/c18-11-1-2-13-14(7-11)21-16(23)15(13)10-3-5-22(6-4-10)9-12-8-20-17(19)24-12/h1-2,7-8,10,15H,3-6,9H2,(H2,19,20)(H,21,23). The van der Waals surface area contributed by atoms with Crippen LogP contribution in [-0.4, -0.2) is 28.9 Å². The smallest absolute Gasteiger partial charge is 0.232 e. The molecule has 0 radical (unpaired) electrons. The molecule has 126 valence electrons. The molecule has 2 aliphatic heterocycles. The van der Waals surface area contributed by atoms with Crippen LogP contribution in [0.5, 0.6) is 0 Å². The Morgan fingerprint density at radius 3 is 2.88 bits per heavy atom. The number of anilines is 2. The lowest BCUT2D eigenvalue weighted by atomic mass is 9.81. The lowest BCUT2D eigenvalue weighted by Gasteiger charge is -2.33. The Balaban J connectivity index is 1.42.